The van der Waals surface area contributed by atoms with E-state index in [1.54, 1.807) is 25.1 Å². The topological polar surface area (TPSA) is 100 Å². The minimum atomic E-state index is -3.30. The van der Waals surface area contributed by atoms with Gasteiger partial charge in [-0.2, -0.15) is 0 Å². The van der Waals surface area contributed by atoms with Crippen LogP contribution < -0.4 is 9.86 Å². The fraction of sp³-hybridized carbons (Fsp3) is 0.421. The summed E-state index contributed by atoms with van der Waals surface area (Å²) in [6.45, 7) is 4.05. The predicted molar refractivity (Wildman–Crippen MR) is 111 cm³/mol. The third kappa shape index (κ3) is 4.47. The maximum atomic E-state index is 12.6. The Morgan fingerprint density at radius 1 is 1.29 bits per heavy atom. The number of aromatic amines is 1. The molecule has 0 amide bonds. The standard InChI is InChI=1S/C19H23N3O4S2/c1-3-5-15-11-18(24)21-19(20-15)27-12-17(23)14-6-7-16-13(10-14)8-9-22(16)28(25,26)4-2/h6-7,10-11H,3-5,8-9,12H2,1-2H3,(H,20,21,24). The van der Waals surface area contributed by atoms with Gasteiger partial charge >= 0.3 is 0 Å². The van der Waals surface area contributed by atoms with Gasteiger partial charge in [0.05, 0.1) is 17.2 Å². The number of H-pyrrole nitrogens is 1. The number of rotatable bonds is 8. The van der Waals surface area contributed by atoms with Crippen molar-refractivity contribution < 1.29 is 13.2 Å². The van der Waals surface area contributed by atoms with Crippen molar-refractivity contribution in [1.29, 1.82) is 0 Å². The van der Waals surface area contributed by atoms with Gasteiger partial charge in [-0.1, -0.05) is 25.1 Å². The zero-order chi connectivity index (χ0) is 20.3. The molecule has 1 aliphatic heterocycles. The number of nitrogens with one attached hydrogen (secondary N) is 1. The number of aromatic nitrogens is 2. The second-order valence-corrected chi connectivity index (χ2v) is 9.72. The van der Waals surface area contributed by atoms with E-state index in [0.717, 1.165) is 17.7 Å². The molecule has 1 aromatic heterocycles. The van der Waals surface area contributed by atoms with Crippen LogP contribution in [-0.4, -0.2) is 42.2 Å². The van der Waals surface area contributed by atoms with Crippen LogP contribution in [0.5, 0.6) is 0 Å². The average molecular weight is 422 g/mol. The summed E-state index contributed by atoms with van der Waals surface area (Å²) in [6.07, 6.45) is 2.20. The van der Waals surface area contributed by atoms with Crippen molar-refractivity contribution >= 4 is 33.3 Å². The number of Topliss-reactive ketones (excluding diaryl/α,β-unsaturated/α-hetero) is 1. The molecule has 0 aliphatic carbocycles. The minimum Gasteiger partial charge on any atom is -0.301 e. The third-order valence-corrected chi connectivity index (χ3v) is 7.23. The summed E-state index contributed by atoms with van der Waals surface area (Å²) in [5, 5.41) is 0.436. The highest BCUT2D eigenvalue weighted by atomic mass is 32.2. The Morgan fingerprint density at radius 2 is 2.07 bits per heavy atom. The fourth-order valence-electron chi connectivity index (χ4n) is 3.14. The van der Waals surface area contributed by atoms with E-state index in [1.165, 1.54) is 22.1 Å². The lowest BCUT2D eigenvalue weighted by Gasteiger charge is -2.18. The summed E-state index contributed by atoms with van der Waals surface area (Å²) >= 11 is 1.20. The summed E-state index contributed by atoms with van der Waals surface area (Å²) in [5.74, 6) is 0.105. The number of sulfonamides is 1. The Labute approximate surface area is 168 Å². The van der Waals surface area contributed by atoms with Crippen LogP contribution in [0.3, 0.4) is 0 Å². The molecule has 7 nitrogen and oxygen atoms in total. The summed E-state index contributed by atoms with van der Waals surface area (Å²) in [5.41, 5.74) is 2.56. The van der Waals surface area contributed by atoms with Gasteiger partial charge in [0.2, 0.25) is 10.0 Å². The number of hydrogen-bond acceptors (Lipinski definition) is 6. The van der Waals surface area contributed by atoms with Gasteiger partial charge in [-0.15, -0.1) is 0 Å². The minimum absolute atomic E-state index is 0.0477. The number of nitrogens with zero attached hydrogens (tertiary/aromatic N) is 2. The quantitative estimate of drug-likeness (QED) is 0.399. The van der Waals surface area contributed by atoms with Gasteiger partial charge in [0, 0.05) is 23.9 Å². The highest BCUT2D eigenvalue weighted by molar-refractivity contribution is 7.99. The number of aryl methyl sites for hydroxylation is 1. The van der Waals surface area contributed by atoms with Crippen LogP contribution in [0.4, 0.5) is 5.69 Å². The first kappa shape index (κ1) is 20.6. The van der Waals surface area contributed by atoms with Gasteiger partial charge < -0.3 is 4.98 Å². The number of ketones is 1. The molecule has 2 heterocycles. The molecule has 28 heavy (non-hydrogen) atoms. The van der Waals surface area contributed by atoms with E-state index >= 15 is 0 Å². The van der Waals surface area contributed by atoms with Crippen LogP contribution in [0.15, 0.2) is 34.2 Å². The van der Waals surface area contributed by atoms with Gasteiger partial charge in [0.15, 0.2) is 10.9 Å². The monoisotopic (exact) mass is 421 g/mol. The first-order valence-electron chi connectivity index (χ1n) is 9.23. The molecule has 0 atom stereocenters. The second kappa shape index (κ2) is 8.48. The number of hydrogen-bond donors (Lipinski definition) is 1. The molecule has 2 aromatic rings. The van der Waals surface area contributed by atoms with E-state index in [9.17, 15) is 18.0 Å². The normalized spacial score (nSPS) is 13.6. The highest BCUT2D eigenvalue weighted by Crippen LogP contribution is 2.31. The van der Waals surface area contributed by atoms with Crippen molar-refractivity contribution in [3.8, 4) is 0 Å². The van der Waals surface area contributed by atoms with Crippen LogP contribution in [-0.2, 0) is 22.9 Å². The Hall–Kier alpha value is -2.13. The first-order chi connectivity index (χ1) is 13.3. The fourth-order valence-corrected chi connectivity index (χ4v) is 5.09. The SMILES string of the molecule is CCCc1cc(=O)[nH]c(SCC(=O)c2ccc3c(c2)CCN3S(=O)(=O)CC)n1. The molecule has 1 N–H and O–H groups in total. The summed E-state index contributed by atoms with van der Waals surface area (Å²) in [7, 11) is -3.30. The zero-order valence-corrected chi connectivity index (χ0v) is 17.5. The third-order valence-electron chi connectivity index (χ3n) is 4.57. The number of thioether (sulfide) groups is 1. The smallest absolute Gasteiger partial charge is 0.251 e. The molecule has 0 unspecified atom stereocenters. The van der Waals surface area contributed by atoms with E-state index in [4.69, 9.17) is 0 Å². The molecular weight excluding hydrogens is 398 g/mol. The van der Waals surface area contributed by atoms with E-state index in [-0.39, 0.29) is 22.8 Å². The van der Waals surface area contributed by atoms with Gasteiger partial charge in [-0.3, -0.25) is 13.9 Å². The van der Waals surface area contributed by atoms with E-state index in [2.05, 4.69) is 9.97 Å². The summed E-state index contributed by atoms with van der Waals surface area (Å²) < 4.78 is 25.7. The van der Waals surface area contributed by atoms with Crippen LogP contribution in [0, 0.1) is 0 Å². The molecule has 0 radical (unpaired) electrons. The predicted octanol–water partition coefficient (Wildman–Crippen LogP) is 2.41. The number of carbonyl (C=O) groups excluding carboxylic acids is 1. The van der Waals surface area contributed by atoms with E-state index < -0.39 is 10.0 Å². The molecule has 9 heteroatoms. The average Bonchev–Trinajstić information content (AvgIpc) is 3.10. The zero-order valence-electron chi connectivity index (χ0n) is 15.9. The van der Waals surface area contributed by atoms with Crippen molar-refractivity contribution in [2.45, 2.75) is 38.3 Å². The number of carbonyl (C=O) groups is 1. The lowest BCUT2D eigenvalue weighted by Crippen LogP contribution is -2.30. The van der Waals surface area contributed by atoms with Crippen LogP contribution >= 0.6 is 11.8 Å². The van der Waals surface area contributed by atoms with E-state index in [0.29, 0.717) is 35.8 Å². The molecule has 0 spiro atoms. The van der Waals surface area contributed by atoms with Crippen LogP contribution in [0.1, 0.15) is 41.9 Å². The van der Waals surface area contributed by atoms with Crippen molar-refractivity contribution in [3.05, 3.63) is 51.4 Å². The van der Waals surface area contributed by atoms with Crippen molar-refractivity contribution in [1.82, 2.24) is 9.97 Å². The summed E-state index contributed by atoms with van der Waals surface area (Å²) in [4.78, 5) is 31.3. The van der Waals surface area contributed by atoms with E-state index in [1.807, 2.05) is 6.92 Å². The molecule has 1 aliphatic rings. The lowest BCUT2D eigenvalue weighted by atomic mass is 10.1. The van der Waals surface area contributed by atoms with Gasteiger partial charge in [-0.05, 0) is 43.5 Å². The first-order valence-corrected chi connectivity index (χ1v) is 11.8. The molecule has 150 valence electrons. The Morgan fingerprint density at radius 3 is 2.79 bits per heavy atom. The Kier molecular flexibility index (Phi) is 6.24. The number of benzene rings is 1. The van der Waals surface area contributed by atoms with Crippen LogP contribution in [0.2, 0.25) is 0 Å². The molecule has 0 bridgehead atoms. The molecule has 0 saturated heterocycles. The van der Waals surface area contributed by atoms with Crippen molar-refractivity contribution in [3.63, 3.8) is 0 Å². The van der Waals surface area contributed by atoms with Crippen LogP contribution in [0.25, 0.3) is 0 Å². The molecule has 3 rings (SSSR count). The van der Waals surface area contributed by atoms with Gasteiger partial charge in [0.1, 0.15) is 0 Å². The molecule has 1 aromatic carbocycles. The highest BCUT2D eigenvalue weighted by Gasteiger charge is 2.28. The largest absolute Gasteiger partial charge is 0.301 e. The maximum absolute atomic E-state index is 12.6. The Balaban J connectivity index is 1.72. The molecule has 0 fully saturated rings. The second-order valence-electron chi connectivity index (χ2n) is 6.57. The maximum Gasteiger partial charge on any atom is 0.251 e. The van der Waals surface area contributed by atoms with Crippen molar-refractivity contribution in [2.75, 3.05) is 22.4 Å². The molecule has 0 saturated carbocycles. The summed E-state index contributed by atoms with van der Waals surface area (Å²) in [6, 6.07) is 6.61. The number of anilines is 1. The van der Waals surface area contributed by atoms with Gasteiger partial charge in [-0.25, -0.2) is 13.4 Å². The Bertz CT molecular complexity index is 1050. The molecular formula is C19H23N3O4S2. The number of fused-ring (bicyclic) bond motifs is 1. The lowest BCUT2D eigenvalue weighted by molar-refractivity contribution is 0.102. The van der Waals surface area contributed by atoms with Gasteiger partial charge in [0.25, 0.3) is 5.56 Å². The van der Waals surface area contributed by atoms with Crippen molar-refractivity contribution in [2.24, 2.45) is 0 Å².